The number of carbonyl (C=O) groups excluding carboxylic acids is 3. The quantitative estimate of drug-likeness (QED) is 0.211. The first-order chi connectivity index (χ1) is 20.0. The largest absolute Gasteiger partial charge is 0.463 e. The third kappa shape index (κ3) is 7.07. The first-order valence-electron chi connectivity index (χ1n) is 12.3. The Morgan fingerprint density at radius 2 is 1.69 bits per heavy atom. The molecule has 220 valence electrons. The van der Waals surface area contributed by atoms with E-state index in [4.69, 9.17) is 18.9 Å². The summed E-state index contributed by atoms with van der Waals surface area (Å²) in [6.45, 7) is 3.08. The Hall–Kier alpha value is -4.42. The fourth-order valence-electron chi connectivity index (χ4n) is 4.31. The second-order valence-electron chi connectivity index (χ2n) is 9.08. The van der Waals surface area contributed by atoms with E-state index in [1.807, 2.05) is 6.07 Å². The molecule has 0 saturated carbocycles. The third-order valence-corrected chi connectivity index (χ3v) is 7.12. The molecule has 1 aliphatic rings. The van der Waals surface area contributed by atoms with Crippen LogP contribution in [0.2, 0.25) is 0 Å². The molecule has 3 aromatic rings. The minimum absolute atomic E-state index is 0.0788. The zero-order valence-corrected chi connectivity index (χ0v) is 23.1. The zero-order valence-electron chi connectivity index (χ0n) is 22.3. The van der Waals surface area contributed by atoms with Gasteiger partial charge in [-0.3, -0.25) is 14.4 Å². The number of carbonyl (C=O) groups is 3. The van der Waals surface area contributed by atoms with Crippen LogP contribution in [-0.4, -0.2) is 63.3 Å². The number of ether oxygens (including phenoxy) is 4. The normalized spacial score (nSPS) is 21.7. The van der Waals surface area contributed by atoms with Crippen molar-refractivity contribution in [2.45, 2.75) is 55.5 Å². The Balaban J connectivity index is 1.82. The number of halogens is 3. The van der Waals surface area contributed by atoms with Crippen molar-refractivity contribution in [3.8, 4) is 17.3 Å². The van der Waals surface area contributed by atoms with Gasteiger partial charge in [0.05, 0.1) is 17.8 Å². The Morgan fingerprint density at radius 1 is 1.02 bits per heavy atom. The van der Waals surface area contributed by atoms with Gasteiger partial charge in [-0.2, -0.15) is 5.26 Å². The Morgan fingerprint density at radius 3 is 2.31 bits per heavy atom. The maximum atomic E-state index is 13.9. The van der Waals surface area contributed by atoms with Crippen molar-refractivity contribution in [2.75, 3.05) is 6.61 Å². The molecule has 5 atom stereocenters. The van der Waals surface area contributed by atoms with E-state index in [1.165, 1.54) is 13.1 Å². The number of rotatable bonds is 8. The number of benzene rings is 2. The van der Waals surface area contributed by atoms with Gasteiger partial charge in [-0.1, -0.05) is 23.0 Å². The number of nitriles is 1. The van der Waals surface area contributed by atoms with Crippen LogP contribution in [0.4, 0.5) is 13.2 Å². The molecular weight excluding hydrogens is 581 g/mol. The van der Waals surface area contributed by atoms with E-state index in [-0.39, 0.29) is 17.9 Å². The van der Waals surface area contributed by atoms with Crippen LogP contribution < -0.4 is 0 Å². The van der Waals surface area contributed by atoms with Gasteiger partial charge in [0.2, 0.25) is 0 Å². The summed E-state index contributed by atoms with van der Waals surface area (Å²) in [7, 11) is 0. The maximum Gasteiger partial charge on any atom is 0.303 e. The maximum absolute atomic E-state index is 13.9. The van der Waals surface area contributed by atoms with E-state index in [0.29, 0.717) is 10.5 Å². The topological polar surface area (TPSA) is 143 Å². The highest BCUT2D eigenvalue weighted by molar-refractivity contribution is 7.99. The summed E-state index contributed by atoms with van der Waals surface area (Å²) in [6.07, 6.45) is -2.37. The molecular formula is C27H23F3N4O7S. The number of aromatic nitrogens is 3. The molecule has 1 aromatic heterocycles. The average molecular weight is 605 g/mol. The predicted octanol–water partition coefficient (Wildman–Crippen LogP) is 3.72. The first kappa shape index (κ1) is 30.5. The van der Waals surface area contributed by atoms with Crippen LogP contribution >= 0.6 is 11.8 Å². The molecule has 1 fully saturated rings. The zero-order chi connectivity index (χ0) is 30.6. The van der Waals surface area contributed by atoms with Crippen LogP contribution in [0.1, 0.15) is 32.4 Å². The summed E-state index contributed by atoms with van der Waals surface area (Å²) in [5, 5.41) is 17.3. The highest BCUT2D eigenvalue weighted by atomic mass is 32.2. The minimum Gasteiger partial charge on any atom is -0.463 e. The second kappa shape index (κ2) is 13.0. The highest BCUT2D eigenvalue weighted by Gasteiger charge is 2.52. The molecule has 0 bridgehead atoms. The number of nitrogens with zero attached hydrogens (tertiary/aromatic N) is 4. The Bertz CT molecular complexity index is 1520. The second-order valence-corrected chi connectivity index (χ2v) is 10.3. The molecule has 0 N–H and O–H groups in total. The van der Waals surface area contributed by atoms with Crippen molar-refractivity contribution in [3.05, 3.63) is 65.6 Å². The van der Waals surface area contributed by atoms with Gasteiger partial charge in [-0.05, 0) is 30.3 Å². The molecule has 4 rings (SSSR count). The molecule has 5 unspecified atom stereocenters. The Kier molecular flexibility index (Phi) is 9.48. The van der Waals surface area contributed by atoms with E-state index >= 15 is 0 Å². The SMILES string of the molecule is CC(=O)OCC1OC(Sc2cccc(C#N)c2)C(OC(C)=O)C(n2cc(-c3cc(F)c(F)c(F)c3)nn2)C1OC(C)=O. The van der Waals surface area contributed by atoms with Gasteiger partial charge in [-0.25, -0.2) is 17.9 Å². The number of thioether (sulfide) groups is 1. The van der Waals surface area contributed by atoms with Crippen molar-refractivity contribution in [1.82, 2.24) is 15.0 Å². The van der Waals surface area contributed by atoms with Crippen LogP contribution in [0.15, 0.2) is 47.5 Å². The van der Waals surface area contributed by atoms with E-state index in [1.54, 1.807) is 24.3 Å². The van der Waals surface area contributed by atoms with Crippen LogP contribution in [0.5, 0.6) is 0 Å². The van der Waals surface area contributed by atoms with Crippen LogP contribution in [0, 0.1) is 28.8 Å². The molecule has 0 aliphatic carbocycles. The summed E-state index contributed by atoms with van der Waals surface area (Å²) in [4.78, 5) is 36.7. The highest BCUT2D eigenvalue weighted by Crippen LogP contribution is 2.41. The van der Waals surface area contributed by atoms with Crippen LogP contribution in [-0.2, 0) is 33.3 Å². The van der Waals surface area contributed by atoms with Gasteiger partial charge in [-0.15, -0.1) is 5.10 Å². The molecule has 1 saturated heterocycles. The van der Waals surface area contributed by atoms with Gasteiger partial charge in [0.1, 0.15) is 29.9 Å². The molecule has 11 nitrogen and oxygen atoms in total. The van der Waals surface area contributed by atoms with Crippen LogP contribution in [0.25, 0.3) is 11.3 Å². The van der Waals surface area contributed by atoms with Crippen molar-refractivity contribution in [3.63, 3.8) is 0 Å². The summed E-state index contributed by atoms with van der Waals surface area (Å²) < 4.78 is 65.2. The number of esters is 3. The molecule has 0 radical (unpaired) electrons. The predicted molar refractivity (Wildman–Crippen MR) is 138 cm³/mol. The standard InChI is InChI=1S/C27H23F3N4O7S/c1-13(35)38-12-22-25(39-14(2)36)24(34-11-21(32-33-34)17-8-19(28)23(30)20(29)9-17)26(40-15(3)37)27(41-22)42-18-6-4-5-16(7-18)10-31/h4-9,11,22,24-27H,12H2,1-3H3. The smallest absolute Gasteiger partial charge is 0.303 e. The summed E-state index contributed by atoms with van der Waals surface area (Å²) in [5.74, 6) is -6.67. The molecule has 0 spiro atoms. The summed E-state index contributed by atoms with van der Waals surface area (Å²) in [5.41, 5.74) is -0.905. The lowest BCUT2D eigenvalue weighted by Crippen LogP contribution is -2.57. The van der Waals surface area contributed by atoms with Gasteiger partial charge in [0.25, 0.3) is 0 Å². The number of hydrogen-bond acceptors (Lipinski definition) is 11. The lowest BCUT2D eigenvalue weighted by atomic mass is 9.96. The third-order valence-electron chi connectivity index (χ3n) is 5.98. The van der Waals surface area contributed by atoms with Gasteiger partial charge in [0.15, 0.2) is 29.7 Å². The summed E-state index contributed by atoms with van der Waals surface area (Å²) >= 11 is 1.08. The van der Waals surface area contributed by atoms with Crippen molar-refractivity contribution < 1.29 is 46.5 Å². The minimum atomic E-state index is -1.66. The lowest BCUT2D eigenvalue weighted by Gasteiger charge is -2.44. The van der Waals surface area contributed by atoms with Crippen molar-refractivity contribution in [1.29, 1.82) is 5.26 Å². The molecule has 42 heavy (non-hydrogen) atoms. The van der Waals surface area contributed by atoms with Crippen LogP contribution in [0.3, 0.4) is 0 Å². The van der Waals surface area contributed by atoms with E-state index in [0.717, 1.165) is 42.4 Å². The van der Waals surface area contributed by atoms with Crippen molar-refractivity contribution >= 4 is 29.7 Å². The average Bonchev–Trinajstić information content (AvgIpc) is 3.41. The molecule has 0 amide bonds. The fourth-order valence-corrected chi connectivity index (χ4v) is 5.48. The summed E-state index contributed by atoms with van der Waals surface area (Å²) in [6, 6.07) is 8.84. The van der Waals surface area contributed by atoms with Gasteiger partial charge in [0, 0.05) is 31.2 Å². The van der Waals surface area contributed by atoms with Gasteiger partial charge < -0.3 is 18.9 Å². The monoisotopic (exact) mass is 604 g/mol. The fraction of sp³-hybridized carbons (Fsp3) is 0.333. The lowest BCUT2D eigenvalue weighted by molar-refractivity contribution is -0.212. The van der Waals surface area contributed by atoms with E-state index in [9.17, 15) is 32.8 Å². The van der Waals surface area contributed by atoms with E-state index in [2.05, 4.69) is 10.3 Å². The van der Waals surface area contributed by atoms with Crippen molar-refractivity contribution in [2.24, 2.45) is 0 Å². The first-order valence-corrected chi connectivity index (χ1v) is 13.2. The molecule has 2 heterocycles. The molecule has 1 aliphatic heterocycles. The molecule has 2 aromatic carbocycles. The number of hydrogen-bond donors (Lipinski definition) is 0. The Labute approximate surface area is 241 Å². The molecule has 15 heteroatoms. The van der Waals surface area contributed by atoms with Gasteiger partial charge >= 0.3 is 17.9 Å². The van der Waals surface area contributed by atoms with E-state index < -0.39 is 65.1 Å².